The van der Waals surface area contributed by atoms with Crippen LogP contribution in [-0.2, 0) is 33.6 Å². The molecule has 0 aromatic heterocycles. The Kier molecular flexibility index (Phi) is 50.6. The van der Waals surface area contributed by atoms with Crippen molar-refractivity contribution in [2.75, 3.05) is 79.0 Å². The van der Waals surface area contributed by atoms with Gasteiger partial charge in [0, 0.05) is 166 Å². The van der Waals surface area contributed by atoms with Gasteiger partial charge in [-0.05, 0) is 205 Å². The number of benzene rings is 6. The molecule has 0 fully saturated rings. The molecule has 6 rings (SSSR count). The Morgan fingerprint density at radius 2 is 0.606 bits per heavy atom. The molecule has 6 atom stereocenters. The number of nitrogens with zero attached hydrogens (tertiary/aromatic N) is 6. The zero-order valence-corrected chi connectivity index (χ0v) is 80.0. The van der Waals surface area contributed by atoms with E-state index in [0.717, 1.165) is 106 Å². The molecule has 132 heavy (non-hydrogen) atoms. The molecule has 0 spiro atoms. The molecule has 0 aliphatic rings. The van der Waals surface area contributed by atoms with Gasteiger partial charge in [-0.25, -0.2) is 41.4 Å². The molecule has 0 aliphatic heterocycles. The Bertz CT molecular complexity index is 4900. The highest BCUT2D eigenvalue weighted by molar-refractivity contribution is 6.02. The number of carbonyl (C=O) groups is 9. The lowest BCUT2D eigenvalue weighted by atomic mass is 9.99. The lowest BCUT2D eigenvalue weighted by molar-refractivity contribution is -0.130. The van der Waals surface area contributed by atoms with Gasteiger partial charge >= 0.3 is 0 Å². The van der Waals surface area contributed by atoms with Crippen LogP contribution in [0.5, 0.6) is 0 Å². The van der Waals surface area contributed by atoms with Gasteiger partial charge < -0.3 is 46.0 Å². The van der Waals surface area contributed by atoms with Crippen LogP contribution in [0.3, 0.4) is 0 Å². The van der Waals surface area contributed by atoms with Gasteiger partial charge in [-0.2, -0.15) is 0 Å². The lowest BCUT2D eigenvalue weighted by Gasteiger charge is -2.31. The second kappa shape index (κ2) is 59.2. The summed E-state index contributed by atoms with van der Waals surface area (Å²) >= 11 is 0. The van der Waals surface area contributed by atoms with Crippen LogP contribution in [0, 0.1) is 88.2 Å². The molecular weight excluding hydrogens is 1700 g/mol. The Labute approximate surface area is 776 Å². The van der Waals surface area contributed by atoms with E-state index >= 15 is 0 Å². The predicted molar refractivity (Wildman–Crippen MR) is 503 cm³/mol. The third-order valence-electron chi connectivity index (χ3n) is 20.5. The van der Waals surface area contributed by atoms with E-state index in [2.05, 4.69) is 67.8 Å². The van der Waals surface area contributed by atoms with Gasteiger partial charge in [-0.3, -0.25) is 59.4 Å². The van der Waals surface area contributed by atoms with Gasteiger partial charge in [0.15, 0.2) is 0 Å². The molecule has 9 N–H and O–H groups in total. The normalized spacial score (nSPS) is 12.3. The van der Waals surface area contributed by atoms with Crippen molar-refractivity contribution in [1.29, 1.82) is 0 Å². The number of aliphatic hydroxyl groups is 3. The minimum atomic E-state index is -1.25. The van der Waals surface area contributed by atoms with E-state index in [1.807, 2.05) is 69.2 Å². The molecule has 720 valence electrons. The van der Waals surface area contributed by atoms with Crippen LogP contribution in [0.15, 0.2) is 109 Å². The van der Waals surface area contributed by atoms with Crippen LogP contribution in [0.25, 0.3) is 0 Å². The highest BCUT2D eigenvalue weighted by Gasteiger charge is 2.32. The van der Waals surface area contributed by atoms with E-state index in [9.17, 15) is 84.8 Å². The van der Waals surface area contributed by atoms with Crippen LogP contribution in [0.2, 0.25) is 0 Å². The summed E-state index contributed by atoms with van der Waals surface area (Å²) in [5.74, 6) is 8.86. The number of carbonyl (C=O) groups excluding carboxylic acids is 9. The predicted octanol–water partition coefficient (Wildman–Crippen LogP) is 14.1. The first-order valence-electron chi connectivity index (χ1n) is 45.7. The number of aliphatic hydroxyl groups excluding tert-OH is 3. The minimum Gasteiger partial charge on any atom is -0.390 e. The van der Waals surface area contributed by atoms with Gasteiger partial charge in [0.05, 0.1) is 36.4 Å². The van der Waals surface area contributed by atoms with Crippen molar-refractivity contribution in [3.63, 3.8) is 0 Å². The summed E-state index contributed by atoms with van der Waals surface area (Å²) in [7, 11) is 1.57. The Morgan fingerprint density at radius 3 is 0.856 bits per heavy atom. The van der Waals surface area contributed by atoms with Crippen LogP contribution in [0.1, 0.15) is 277 Å². The Balaban J connectivity index is 0.000000414. The van der Waals surface area contributed by atoms with Crippen molar-refractivity contribution in [3.8, 4) is 35.5 Å². The molecule has 6 aromatic rings. The standard InChI is InChI=1S/C35H48F2N4O4.C34H46F2N4O4.C33H44F2N4O4/c1-7-11-15-41(39-33(43)24(5)6)23-32(42)31(20-26-18-29(36)22-30(37)19-26)38-34(44)27-16-25(12-8-2)17-28(21-27)35(45)40(13-9-3)14-10-4;1-7-11-24-15-26(20-27(16-24)34(44)39(12-8-2)13-9-3)33(43)37-30(19-25-17-28(35)21-29(36)18-25)31(41)22-40(14-10-4)38-32(42)23(5)6;1-7-10-23-14-25(19-26(15-23)33(43)39(11-8-2)12-9-3)32(42)36-29(18-24-16-27(34)20-28(35)17-24)30(40)21-38(6)37-31(41)13-22(4)5/h16-19,21-22,24,31-32,42H,7,9-11,13-15,20,23H2,1-6H3,(H,38,44)(H,39,43);15-18,20-21,23,30-31,41H,8-10,12-14,19,22H2,1-6H3,(H,37,43)(H,38,42);14-17,19-20,22,29-30,40H,8-9,11-13,18,21H2,1-6H3,(H,36,42)(H,37,41). The number of nitrogens with one attached hydrogen (secondary N) is 6. The first kappa shape index (κ1) is 113. The van der Waals surface area contributed by atoms with Gasteiger partial charge in [-0.15, -0.1) is 17.8 Å². The van der Waals surface area contributed by atoms with E-state index in [0.29, 0.717) is 92.2 Å². The molecule has 6 unspecified atom stereocenters. The highest BCUT2D eigenvalue weighted by atomic mass is 19.2. The second-order valence-electron chi connectivity index (χ2n) is 33.8. The molecule has 9 amide bonds. The molecule has 0 aliphatic carbocycles. The summed E-state index contributed by atoms with van der Waals surface area (Å²) in [5.41, 5.74) is 11.8. The van der Waals surface area contributed by atoms with Gasteiger partial charge in [0.2, 0.25) is 17.7 Å². The summed E-state index contributed by atoms with van der Waals surface area (Å²) in [4.78, 5) is 123. The van der Waals surface area contributed by atoms with Gasteiger partial charge in [0.25, 0.3) is 35.4 Å². The summed E-state index contributed by atoms with van der Waals surface area (Å²) in [6.07, 6.45) is 3.20. The maximum absolute atomic E-state index is 14.1. The summed E-state index contributed by atoms with van der Waals surface area (Å²) in [6.45, 7) is 35.7. The Hall–Kier alpha value is -11.4. The highest BCUT2D eigenvalue weighted by Crippen LogP contribution is 2.23. The third kappa shape index (κ3) is 39.9. The van der Waals surface area contributed by atoms with Gasteiger partial charge in [0.1, 0.15) is 34.9 Å². The molecule has 6 aromatic carbocycles. The van der Waals surface area contributed by atoms with E-state index in [-0.39, 0.29) is 132 Å². The van der Waals surface area contributed by atoms with Crippen LogP contribution < -0.4 is 32.2 Å². The third-order valence-corrected chi connectivity index (χ3v) is 20.5. The van der Waals surface area contributed by atoms with Crippen LogP contribution in [-0.4, -0.2) is 214 Å². The van der Waals surface area contributed by atoms with Crippen molar-refractivity contribution in [2.24, 2.45) is 17.8 Å². The van der Waals surface area contributed by atoms with Crippen molar-refractivity contribution in [3.05, 3.63) is 211 Å². The van der Waals surface area contributed by atoms with Crippen molar-refractivity contribution in [1.82, 2.24) is 62.0 Å². The quantitative estimate of drug-likeness (QED) is 0.00974. The van der Waals surface area contributed by atoms with E-state index in [1.165, 1.54) is 23.2 Å². The summed E-state index contributed by atoms with van der Waals surface area (Å²) < 4.78 is 84.3. The largest absolute Gasteiger partial charge is 0.390 e. The fraction of sp³-hybridized carbons (Fsp3) is 0.500. The number of hydrazine groups is 3. The SMILES string of the molecule is CC#Cc1cc(C(=O)NC(Cc2cc(F)cc(F)c2)C(O)CN(C)NC(=O)CC(C)C)cc(C(=O)N(CCC)CCC)c1.CC#Cc1cc(C(=O)NC(Cc2cc(F)cc(F)c2)C(O)CN(CCC)NC(=O)C(C)C)cc(C(=O)N(CCC)CCC)c1.CC#Cc1cc(C(=O)NC(Cc2cc(F)cc(F)c2)C(O)CN(CCCC)NC(=O)C(C)C)cc(C(=O)N(CCC)CCC)c1. The minimum absolute atomic E-state index is 0.0463. The number of halogens is 6. The molecule has 0 saturated heterocycles. The summed E-state index contributed by atoms with van der Waals surface area (Å²) in [5, 5.41) is 46.9. The Morgan fingerprint density at radius 1 is 0.341 bits per heavy atom. The topological polar surface area (TPSA) is 306 Å². The van der Waals surface area contributed by atoms with Gasteiger partial charge in [-0.1, -0.05) is 121 Å². The fourth-order valence-corrected chi connectivity index (χ4v) is 14.3. The fourth-order valence-electron chi connectivity index (χ4n) is 14.3. The number of hydrogen-bond acceptors (Lipinski definition) is 15. The zero-order chi connectivity index (χ0) is 98.4. The smallest absolute Gasteiger partial charge is 0.253 e. The maximum atomic E-state index is 14.1. The zero-order valence-electron chi connectivity index (χ0n) is 80.0. The van der Waals surface area contributed by atoms with E-state index in [4.69, 9.17) is 0 Å². The number of unbranched alkanes of at least 4 members (excludes halogenated alkanes) is 1. The van der Waals surface area contributed by atoms with Crippen molar-refractivity contribution in [2.45, 2.75) is 238 Å². The number of amides is 9. The molecule has 0 saturated carbocycles. The first-order valence-corrected chi connectivity index (χ1v) is 45.7. The summed E-state index contributed by atoms with van der Waals surface area (Å²) in [6, 6.07) is 20.2. The average molecular weight is 1840 g/mol. The van der Waals surface area contributed by atoms with Crippen LogP contribution in [0.4, 0.5) is 26.3 Å². The van der Waals surface area contributed by atoms with Crippen molar-refractivity contribution >= 4 is 53.2 Å². The molecule has 0 radical (unpaired) electrons. The molecule has 0 heterocycles. The molecular formula is C102H138F6N12O12. The average Bonchev–Trinajstić information content (AvgIpc) is 0.823. The van der Waals surface area contributed by atoms with Crippen LogP contribution >= 0.6 is 0 Å². The number of rotatable bonds is 48. The lowest BCUT2D eigenvalue weighted by Crippen LogP contribution is -2.54. The first-order chi connectivity index (χ1) is 62.7. The number of hydrogen-bond donors (Lipinski definition) is 9. The monoisotopic (exact) mass is 1840 g/mol. The molecule has 24 nitrogen and oxygen atoms in total. The molecule has 30 heteroatoms. The molecule has 0 bridgehead atoms. The number of likely N-dealkylation sites (N-methyl/N-ethyl adjacent to an activating group) is 1. The second-order valence-corrected chi connectivity index (χ2v) is 33.8. The van der Waals surface area contributed by atoms with Crippen molar-refractivity contribution < 1.29 is 84.8 Å². The van der Waals surface area contributed by atoms with E-state index in [1.54, 1.807) is 117 Å². The maximum Gasteiger partial charge on any atom is 0.253 e. The van der Waals surface area contributed by atoms with E-state index < -0.39 is 89.1 Å².